The van der Waals surface area contributed by atoms with Gasteiger partial charge < -0.3 is 20.2 Å². The number of hydrogen-bond donors (Lipinski definition) is 2. The number of ether oxygens (including phenoxy) is 1. The van der Waals surface area contributed by atoms with E-state index in [0.29, 0.717) is 22.8 Å². The average molecular weight is 261 g/mol. The Morgan fingerprint density at radius 1 is 1.42 bits per heavy atom. The Morgan fingerprint density at radius 2 is 2.21 bits per heavy atom. The molecule has 0 aliphatic carbocycles. The van der Waals surface area contributed by atoms with Gasteiger partial charge in [-0.15, -0.1) is 0 Å². The van der Waals surface area contributed by atoms with Crippen LogP contribution >= 0.6 is 0 Å². The molecular weight excluding hydrogens is 250 g/mol. The lowest BCUT2D eigenvalue weighted by atomic mass is 10.1. The van der Waals surface area contributed by atoms with Crippen molar-refractivity contribution in [1.29, 1.82) is 0 Å². The molecule has 3 N–H and O–H groups in total. The number of aromatic nitrogens is 1. The number of carbonyl (C=O) groups is 2. The van der Waals surface area contributed by atoms with Crippen LogP contribution in [0.3, 0.4) is 0 Å². The Balaban J connectivity index is 2.31. The number of hydrogen-bond acceptors (Lipinski definition) is 5. The van der Waals surface area contributed by atoms with Crippen LogP contribution in [-0.2, 0) is 9.59 Å². The number of nitrogens with two attached hydrogens (primary N) is 1. The minimum absolute atomic E-state index is 0.393. The molecule has 0 bridgehead atoms. The van der Waals surface area contributed by atoms with Crippen LogP contribution in [0.25, 0.3) is 11.3 Å². The maximum absolute atomic E-state index is 11.2. The summed E-state index contributed by atoms with van der Waals surface area (Å²) >= 11 is 0. The van der Waals surface area contributed by atoms with Crippen LogP contribution in [0.4, 0.5) is 5.69 Å². The van der Waals surface area contributed by atoms with Gasteiger partial charge in [-0.2, -0.15) is 0 Å². The fourth-order valence-electron chi connectivity index (χ4n) is 1.51. The van der Waals surface area contributed by atoms with E-state index in [1.165, 1.54) is 13.5 Å². The van der Waals surface area contributed by atoms with Crippen LogP contribution in [0.5, 0.6) is 5.75 Å². The predicted octanol–water partition coefficient (Wildman–Crippen LogP) is 0.774. The molecule has 0 fully saturated rings. The van der Waals surface area contributed by atoms with E-state index in [1.54, 1.807) is 24.4 Å². The summed E-state index contributed by atoms with van der Waals surface area (Å²) in [6.45, 7) is 0. The number of primary amides is 1. The summed E-state index contributed by atoms with van der Waals surface area (Å²) in [5.41, 5.74) is 5.93. The molecule has 1 aromatic heterocycles. The van der Waals surface area contributed by atoms with Crippen LogP contribution in [0.15, 0.2) is 35.2 Å². The van der Waals surface area contributed by atoms with E-state index in [0.717, 1.165) is 0 Å². The van der Waals surface area contributed by atoms with Gasteiger partial charge in [0.05, 0.1) is 18.9 Å². The second kappa shape index (κ2) is 5.21. The van der Waals surface area contributed by atoms with Gasteiger partial charge in [0.1, 0.15) is 5.75 Å². The summed E-state index contributed by atoms with van der Waals surface area (Å²) in [7, 11) is 1.48. The third-order valence-electron chi connectivity index (χ3n) is 2.38. The second-order valence-corrected chi connectivity index (χ2v) is 3.60. The lowest BCUT2D eigenvalue weighted by Crippen LogP contribution is -2.29. The highest BCUT2D eigenvalue weighted by Gasteiger charge is 2.13. The van der Waals surface area contributed by atoms with Gasteiger partial charge in [0.15, 0.2) is 12.2 Å². The Bertz CT molecular complexity index is 607. The number of oxazole rings is 1. The van der Waals surface area contributed by atoms with Crippen molar-refractivity contribution in [2.75, 3.05) is 12.4 Å². The van der Waals surface area contributed by atoms with Gasteiger partial charge in [-0.25, -0.2) is 4.98 Å². The maximum atomic E-state index is 11.2. The van der Waals surface area contributed by atoms with Gasteiger partial charge in [0.25, 0.3) is 0 Å². The molecule has 0 atom stereocenters. The lowest BCUT2D eigenvalue weighted by Gasteiger charge is -2.09. The van der Waals surface area contributed by atoms with Gasteiger partial charge in [0, 0.05) is 11.8 Å². The summed E-state index contributed by atoms with van der Waals surface area (Å²) in [4.78, 5) is 25.7. The topological polar surface area (TPSA) is 107 Å². The third-order valence-corrected chi connectivity index (χ3v) is 2.38. The maximum Gasteiger partial charge on any atom is 0.313 e. The highest BCUT2D eigenvalue weighted by atomic mass is 16.5. The van der Waals surface area contributed by atoms with Crippen molar-refractivity contribution in [3.63, 3.8) is 0 Å². The van der Waals surface area contributed by atoms with Crippen LogP contribution < -0.4 is 15.8 Å². The third kappa shape index (κ3) is 2.71. The number of anilines is 1. The summed E-state index contributed by atoms with van der Waals surface area (Å²) in [5.74, 6) is -0.948. The molecule has 0 saturated carbocycles. The largest absolute Gasteiger partial charge is 0.496 e. The van der Waals surface area contributed by atoms with Crippen molar-refractivity contribution < 1.29 is 18.7 Å². The standard InChI is InChI=1S/C12H11N3O4/c1-18-9-4-7(15-12(17)11(13)16)2-3-8(9)10-5-14-6-19-10/h2-6H,1H3,(H2,13,16)(H,15,17). The normalized spacial score (nSPS) is 9.95. The van der Waals surface area contributed by atoms with E-state index in [9.17, 15) is 9.59 Å². The molecule has 7 nitrogen and oxygen atoms in total. The lowest BCUT2D eigenvalue weighted by molar-refractivity contribution is -0.134. The Labute approximate surface area is 108 Å². The molecule has 2 rings (SSSR count). The molecule has 1 heterocycles. The summed E-state index contributed by atoms with van der Waals surface area (Å²) < 4.78 is 10.4. The molecule has 0 saturated heterocycles. The SMILES string of the molecule is COc1cc(NC(=O)C(N)=O)ccc1-c1cnco1. The molecule has 7 heteroatoms. The zero-order valence-corrected chi connectivity index (χ0v) is 10.0. The fourth-order valence-corrected chi connectivity index (χ4v) is 1.51. The molecule has 0 unspecified atom stereocenters. The van der Waals surface area contributed by atoms with E-state index in [4.69, 9.17) is 14.9 Å². The van der Waals surface area contributed by atoms with E-state index < -0.39 is 11.8 Å². The number of amides is 2. The van der Waals surface area contributed by atoms with Crippen LogP contribution in [0.2, 0.25) is 0 Å². The van der Waals surface area contributed by atoms with E-state index in [-0.39, 0.29) is 0 Å². The Kier molecular flexibility index (Phi) is 3.46. The summed E-state index contributed by atoms with van der Waals surface area (Å²) in [6.07, 6.45) is 2.84. The van der Waals surface area contributed by atoms with Crippen molar-refractivity contribution in [1.82, 2.24) is 4.98 Å². The number of methoxy groups -OCH3 is 1. The number of rotatable bonds is 3. The van der Waals surface area contributed by atoms with Crippen LogP contribution in [0, 0.1) is 0 Å². The minimum Gasteiger partial charge on any atom is -0.496 e. The predicted molar refractivity (Wildman–Crippen MR) is 66.3 cm³/mol. The van der Waals surface area contributed by atoms with Gasteiger partial charge in [-0.1, -0.05) is 0 Å². The van der Waals surface area contributed by atoms with E-state index in [2.05, 4.69) is 10.3 Å². The highest BCUT2D eigenvalue weighted by molar-refractivity contribution is 6.39. The van der Waals surface area contributed by atoms with Gasteiger partial charge in [-0.3, -0.25) is 9.59 Å². The fraction of sp³-hybridized carbons (Fsp3) is 0.0833. The molecule has 2 amide bonds. The molecule has 0 aliphatic rings. The second-order valence-electron chi connectivity index (χ2n) is 3.60. The van der Waals surface area contributed by atoms with Gasteiger partial charge in [0.2, 0.25) is 0 Å². The molecule has 0 radical (unpaired) electrons. The van der Waals surface area contributed by atoms with Crippen molar-refractivity contribution in [3.8, 4) is 17.1 Å². The van der Waals surface area contributed by atoms with Gasteiger partial charge >= 0.3 is 11.8 Å². The van der Waals surface area contributed by atoms with E-state index in [1.807, 2.05) is 0 Å². The number of nitrogens with one attached hydrogen (secondary N) is 1. The van der Waals surface area contributed by atoms with Crippen molar-refractivity contribution in [2.24, 2.45) is 5.73 Å². The molecular formula is C12H11N3O4. The Hall–Kier alpha value is -2.83. The average Bonchev–Trinajstić information content (AvgIpc) is 2.92. The molecule has 1 aromatic carbocycles. The molecule has 0 spiro atoms. The Morgan fingerprint density at radius 3 is 2.79 bits per heavy atom. The van der Waals surface area contributed by atoms with Crippen molar-refractivity contribution in [2.45, 2.75) is 0 Å². The van der Waals surface area contributed by atoms with Gasteiger partial charge in [-0.05, 0) is 12.1 Å². The number of nitrogens with zero attached hydrogens (tertiary/aromatic N) is 1. The first-order valence-corrected chi connectivity index (χ1v) is 5.29. The number of benzene rings is 1. The molecule has 98 valence electrons. The zero-order chi connectivity index (χ0) is 13.8. The quantitative estimate of drug-likeness (QED) is 0.793. The van der Waals surface area contributed by atoms with E-state index >= 15 is 0 Å². The smallest absolute Gasteiger partial charge is 0.313 e. The van der Waals surface area contributed by atoms with Crippen molar-refractivity contribution >= 4 is 17.5 Å². The zero-order valence-electron chi connectivity index (χ0n) is 10.0. The summed E-state index contributed by atoms with van der Waals surface area (Å²) in [5, 5.41) is 2.35. The van der Waals surface area contributed by atoms with Crippen molar-refractivity contribution in [3.05, 3.63) is 30.8 Å². The summed E-state index contributed by atoms with van der Waals surface area (Å²) in [6, 6.07) is 4.83. The minimum atomic E-state index is -1.06. The van der Waals surface area contributed by atoms with Crippen LogP contribution in [0.1, 0.15) is 0 Å². The highest BCUT2D eigenvalue weighted by Crippen LogP contribution is 2.32. The van der Waals surface area contributed by atoms with Crippen LogP contribution in [-0.4, -0.2) is 23.9 Å². The molecule has 19 heavy (non-hydrogen) atoms. The molecule has 2 aromatic rings. The molecule has 0 aliphatic heterocycles. The monoisotopic (exact) mass is 261 g/mol. The first-order valence-electron chi connectivity index (χ1n) is 5.29. The number of carbonyl (C=O) groups excluding carboxylic acids is 2. The first-order chi connectivity index (χ1) is 9.11. The first kappa shape index (κ1) is 12.6.